The Bertz CT molecular complexity index is 484. The van der Waals surface area contributed by atoms with E-state index in [1.165, 1.54) is 4.90 Å². The molecule has 1 aromatic rings. The van der Waals surface area contributed by atoms with Gasteiger partial charge in [0.2, 0.25) is 0 Å². The van der Waals surface area contributed by atoms with Crippen LogP contribution in [-0.2, 0) is 0 Å². The van der Waals surface area contributed by atoms with E-state index < -0.39 is 35.0 Å². The van der Waals surface area contributed by atoms with E-state index in [2.05, 4.69) is 0 Å². The first-order valence-corrected chi connectivity index (χ1v) is 6.02. The van der Waals surface area contributed by atoms with Crippen molar-refractivity contribution < 1.29 is 23.1 Å². The molecule has 0 saturated carbocycles. The number of rotatable bonds is 1. The van der Waals surface area contributed by atoms with Crippen molar-refractivity contribution in [3.8, 4) is 0 Å². The number of nitrogens with zero attached hydrogens (tertiary/aromatic N) is 1. The van der Waals surface area contributed by atoms with Crippen molar-refractivity contribution in [3.63, 3.8) is 0 Å². The predicted molar refractivity (Wildman–Crippen MR) is 62.0 cm³/mol. The molecule has 19 heavy (non-hydrogen) atoms. The van der Waals surface area contributed by atoms with E-state index in [9.17, 15) is 23.1 Å². The van der Waals surface area contributed by atoms with Crippen molar-refractivity contribution in [1.82, 2.24) is 4.90 Å². The molecule has 104 valence electrons. The van der Waals surface area contributed by atoms with Crippen LogP contribution < -0.4 is 0 Å². The summed E-state index contributed by atoms with van der Waals surface area (Å²) in [4.78, 5) is 13.3. The van der Waals surface area contributed by atoms with Crippen LogP contribution in [0.3, 0.4) is 0 Å². The molecular formula is C13H14F3NO2. The fourth-order valence-electron chi connectivity index (χ4n) is 2.22. The van der Waals surface area contributed by atoms with Crippen LogP contribution in [-0.4, -0.2) is 35.1 Å². The Labute approximate surface area is 108 Å². The van der Waals surface area contributed by atoms with E-state index in [0.717, 1.165) is 0 Å². The minimum absolute atomic E-state index is 0.163. The summed E-state index contributed by atoms with van der Waals surface area (Å²) in [6.07, 6.45) is -0.163. The Kier molecular flexibility index (Phi) is 3.80. The van der Waals surface area contributed by atoms with Gasteiger partial charge in [-0.05, 0) is 12.3 Å². The molecule has 0 aromatic heterocycles. The fourth-order valence-corrected chi connectivity index (χ4v) is 2.22. The molecule has 3 nitrogen and oxygen atoms in total. The van der Waals surface area contributed by atoms with Crippen LogP contribution in [0, 0.1) is 23.4 Å². The molecule has 1 heterocycles. The molecule has 1 aliphatic heterocycles. The van der Waals surface area contributed by atoms with Crippen LogP contribution in [0.1, 0.15) is 23.7 Å². The van der Waals surface area contributed by atoms with Crippen LogP contribution in [0.2, 0.25) is 0 Å². The highest BCUT2D eigenvalue weighted by atomic mass is 19.1. The topological polar surface area (TPSA) is 40.5 Å². The van der Waals surface area contributed by atoms with Gasteiger partial charge in [0, 0.05) is 25.2 Å². The van der Waals surface area contributed by atoms with Crippen LogP contribution in [0.5, 0.6) is 0 Å². The van der Waals surface area contributed by atoms with Gasteiger partial charge in [0.25, 0.3) is 5.91 Å². The summed E-state index contributed by atoms with van der Waals surface area (Å²) < 4.78 is 39.8. The van der Waals surface area contributed by atoms with Gasteiger partial charge in [0.15, 0.2) is 0 Å². The van der Waals surface area contributed by atoms with Crippen molar-refractivity contribution >= 4 is 5.91 Å². The zero-order valence-corrected chi connectivity index (χ0v) is 10.4. The van der Waals surface area contributed by atoms with Gasteiger partial charge in [-0.15, -0.1) is 0 Å². The second-order valence-corrected chi connectivity index (χ2v) is 4.83. The van der Waals surface area contributed by atoms with E-state index in [0.29, 0.717) is 18.6 Å². The monoisotopic (exact) mass is 273 g/mol. The standard InChI is InChI=1S/C13H14F3NO2/c1-7-6-17(3-2-11(7)18)13(19)12-9(15)4-8(14)5-10(12)16/h4-5,7,11,18H,2-3,6H2,1H3. The van der Waals surface area contributed by atoms with Crippen molar-refractivity contribution in [3.05, 3.63) is 35.1 Å². The average Bonchev–Trinajstić information content (AvgIpc) is 2.31. The molecule has 1 aliphatic rings. The molecule has 1 fully saturated rings. The van der Waals surface area contributed by atoms with Crippen molar-refractivity contribution in [2.24, 2.45) is 5.92 Å². The van der Waals surface area contributed by atoms with Gasteiger partial charge in [0.05, 0.1) is 6.10 Å². The smallest absolute Gasteiger partial charge is 0.259 e. The summed E-state index contributed by atoms with van der Waals surface area (Å²) in [5.41, 5.74) is -0.745. The highest BCUT2D eigenvalue weighted by molar-refractivity contribution is 5.94. The van der Waals surface area contributed by atoms with Crippen molar-refractivity contribution in [1.29, 1.82) is 0 Å². The molecule has 1 N–H and O–H groups in total. The zero-order valence-electron chi connectivity index (χ0n) is 10.4. The third-order valence-electron chi connectivity index (χ3n) is 3.37. The molecule has 0 bridgehead atoms. The van der Waals surface area contributed by atoms with Crippen LogP contribution in [0.25, 0.3) is 0 Å². The highest BCUT2D eigenvalue weighted by Crippen LogP contribution is 2.22. The van der Waals surface area contributed by atoms with E-state index in [1.54, 1.807) is 6.92 Å². The normalized spacial score (nSPS) is 23.5. The summed E-state index contributed by atoms with van der Waals surface area (Å²) in [5, 5.41) is 9.56. The Morgan fingerprint density at radius 2 is 1.89 bits per heavy atom. The van der Waals surface area contributed by atoms with Gasteiger partial charge in [-0.3, -0.25) is 4.79 Å². The minimum Gasteiger partial charge on any atom is -0.393 e. The Hall–Kier alpha value is -1.56. The summed E-state index contributed by atoms with van der Waals surface area (Å²) in [6, 6.07) is 0.969. The molecule has 1 amide bonds. The fraction of sp³-hybridized carbons (Fsp3) is 0.462. The van der Waals surface area contributed by atoms with Gasteiger partial charge < -0.3 is 10.0 Å². The summed E-state index contributed by atoms with van der Waals surface area (Å²) >= 11 is 0. The molecule has 0 aliphatic carbocycles. The zero-order chi connectivity index (χ0) is 14.2. The first-order chi connectivity index (χ1) is 8.90. The van der Waals surface area contributed by atoms with Gasteiger partial charge >= 0.3 is 0 Å². The maximum absolute atomic E-state index is 13.5. The summed E-state index contributed by atoms with van der Waals surface area (Å²) in [5.74, 6) is -4.45. The average molecular weight is 273 g/mol. The number of hydrogen-bond acceptors (Lipinski definition) is 2. The van der Waals surface area contributed by atoms with Crippen LogP contribution in [0.4, 0.5) is 13.2 Å². The van der Waals surface area contributed by atoms with Gasteiger partial charge in [-0.1, -0.05) is 6.92 Å². The molecular weight excluding hydrogens is 259 g/mol. The predicted octanol–water partition coefficient (Wildman–Crippen LogP) is 1.95. The molecule has 6 heteroatoms. The minimum atomic E-state index is -1.21. The third-order valence-corrected chi connectivity index (χ3v) is 3.37. The molecule has 0 spiro atoms. The number of hydrogen-bond donors (Lipinski definition) is 1. The number of aliphatic hydroxyl groups excluding tert-OH is 1. The summed E-state index contributed by atoms with van der Waals surface area (Å²) in [6.45, 7) is 2.19. The molecule has 1 aromatic carbocycles. The molecule has 1 saturated heterocycles. The van der Waals surface area contributed by atoms with Gasteiger partial charge in [0.1, 0.15) is 23.0 Å². The molecule has 2 atom stereocenters. The Balaban J connectivity index is 2.25. The first-order valence-electron chi connectivity index (χ1n) is 6.02. The molecule has 2 rings (SSSR count). The van der Waals surface area contributed by atoms with E-state index >= 15 is 0 Å². The Morgan fingerprint density at radius 3 is 2.42 bits per heavy atom. The van der Waals surface area contributed by atoms with E-state index in [-0.39, 0.29) is 19.0 Å². The lowest BCUT2D eigenvalue weighted by molar-refractivity contribution is 0.0292. The third kappa shape index (κ3) is 2.73. The number of amides is 1. The maximum atomic E-state index is 13.5. The first kappa shape index (κ1) is 13.9. The van der Waals surface area contributed by atoms with Gasteiger partial charge in [-0.25, -0.2) is 13.2 Å². The number of carbonyl (C=O) groups is 1. The van der Waals surface area contributed by atoms with Crippen LogP contribution >= 0.6 is 0 Å². The van der Waals surface area contributed by atoms with Crippen LogP contribution in [0.15, 0.2) is 12.1 Å². The molecule has 2 unspecified atom stereocenters. The number of carbonyl (C=O) groups excluding carboxylic acids is 1. The number of piperidine rings is 1. The largest absolute Gasteiger partial charge is 0.393 e. The van der Waals surface area contributed by atoms with E-state index in [4.69, 9.17) is 0 Å². The molecule has 0 radical (unpaired) electrons. The SMILES string of the molecule is CC1CN(C(=O)c2c(F)cc(F)cc2F)CCC1O. The Morgan fingerprint density at radius 1 is 1.32 bits per heavy atom. The number of benzene rings is 1. The quantitative estimate of drug-likeness (QED) is 0.849. The highest BCUT2D eigenvalue weighted by Gasteiger charge is 2.30. The number of halogens is 3. The lowest BCUT2D eigenvalue weighted by Gasteiger charge is -2.34. The van der Waals surface area contributed by atoms with Crippen molar-refractivity contribution in [2.75, 3.05) is 13.1 Å². The van der Waals surface area contributed by atoms with Crippen molar-refractivity contribution in [2.45, 2.75) is 19.4 Å². The number of aliphatic hydroxyl groups is 1. The lowest BCUT2D eigenvalue weighted by Crippen LogP contribution is -2.45. The lowest BCUT2D eigenvalue weighted by atomic mass is 9.96. The second kappa shape index (κ2) is 5.21. The maximum Gasteiger partial charge on any atom is 0.259 e. The second-order valence-electron chi connectivity index (χ2n) is 4.83. The number of likely N-dealkylation sites (tertiary alicyclic amines) is 1. The summed E-state index contributed by atoms with van der Waals surface area (Å²) in [7, 11) is 0. The van der Waals surface area contributed by atoms with E-state index in [1.807, 2.05) is 0 Å². The van der Waals surface area contributed by atoms with Gasteiger partial charge in [-0.2, -0.15) is 0 Å².